The zero-order valence-corrected chi connectivity index (χ0v) is 16.8. The Labute approximate surface area is 174 Å². The fourth-order valence-electron chi connectivity index (χ4n) is 3.18. The summed E-state index contributed by atoms with van der Waals surface area (Å²) in [4.78, 5) is 23.6. The van der Waals surface area contributed by atoms with E-state index in [9.17, 15) is 14.9 Å². The number of nitrogens with one attached hydrogen (secondary N) is 1. The van der Waals surface area contributed by atoms with Crippen LogP contribution in [0.3, 0.4) is 0 Å². The maximum absolute atomic E-state index is 12.5. The van der Waals surface area contributed by atoms with Crippen molar-refractivity contribution in [1.82, 2.24) is 0 Å². The van der Waals surface area contributed by atoms with Crippen LogP contribution in [0.4, 0.5) is 5.69 Å². The molecule has 2 aromatic carbocycles. The molecule has 3 aromatic rings. The topological polar surface area (TPSA) is 103 Å². The lowest BCUT2D eigenvalue weighted by molar-refractivity contribution is -0.112. The van der Waals surface area contributed by atoms with Gasteiger partial charge in [0.05, 0.1) is 5.56 Å². The number of anilines is 1. The van der Waals surface area contributed by atoms with Gasteiger partial charge in [0.2, 0.25) is 0 Å². The number of furan rings is 1. The predicted octanol–water partition coefficient (Wildman–Crippen LogP) is 5.12. The minimum absolute atomic E-state index is 0.0898. The van der Waals surface area contributed by atoms with E-state index in [1.54, 1.807) is 31.2 Å². The number of carboxylic acid groups (broad SMARTS) is 1. The number of carboxylic acids is 1. The van der Waals surface area contributed by atoms with Crippen LogP contribution in [0.2, 0.25) is 0 Å². The van der Waals surface area contributed by atoms with Gasteiger partial charge in [-0.25, -0.2) is 4.79 Å². The van der Waals surface area contributed by atoms with Gasteiger partial charge < -0.3 is 14.8 Å². The third kappa shape index (κ3) is 4.65. The van der Waals surface area contributed by atoms with Crippen molar-refractivity contribution in [3.63, 3.8) is 0 Å². The molecule has 0 aliphatic heterocycles. The van der Waals surface area contributed by atoms with Gasteiger partial charge in [-0.1, -0.05) is 12.1 Å². The van der Waals surface area contributed by atoms with Crippen molar-refractivity contribution in [2.75, 3.05) is 5.32 Å². The van der Waals surface area contributed by atoms with Crippen molar-refractivity contribution in [2.24, 2.45) is 0 Å². The van der Waals surface area contributed by atoms with Crippen LogP contribution < -0.4 is 5.32 Å². The Morgan fingerprint density at radius 1 is 1.03 bits per heavy atom. The third-order valence-corrected chi connectivity index (χ3v) is 4.50. The zero-order valence-electron chi connectivity index (χ0n) is 16.8. The summed E-state index contributed by atoms with van der Waals surface area (Å²) in [5, 5.41) is 21.2. The van der Waals surface area contributed by atoms with Gasteiger partial charge in [0, 0.05) is 17.3 Å². The molecule has 0 fully saturated rings. The Morgan fingerprint density at radius 3 is 2.33 bits per heavy atom. The van der Waals surface area contributed by atoms with Gasteiger partial charge in [-0.05, 0) is 73.9 Å². The number of hydrogen-bond acceptors (Lipinski definition) is 4. The number of aryl methyl sites for hydroxylation is 3. The molecule has 0 saturated heterocycles. The standard InChI is InChI=1S/C24H20N2O4/c1-14-8-15(2)10-19(9-14)26-23(27)18(13-25)12-20-5-7-22(30-20)21-6-4-17(24(28)29)11-16(21)3/h4-12H,1-3H3,(H,26,27)(H,28,29)/b18-12-. The molecule has 0 bridgehead atoms. The van der Waals surface area contributed by atoms with Gasteiger partial charge in [-0.3, -0.25) is 4.79 Å². The van der Waals surface area contributed by atoms with E-state index in [4.69, 9.17) is 9.52 Å². The van der Waals surface area contributed by atoms with Crippen LogP contribution >= 0.6 is 0 Å². The summed E-state index contributed by atoms with van der Waals surface area (Å²) in [6.07, 6.45) is 1.38. The molecule has 30 heavy (non-hydrogen) atoms. The molecular weight excluding hydrogens is 380 g/mol. The summed E-state index contributed by atoms with van der Waals surface area (Å²) in [6, 6.07) is 15.7. The maximum Gasteiger partial charge on any atom is 0.335 e. The van der Waals surface area contributed by atoms with Crippen LogP contribution in [0.25, 0.3) is 17.4 Å². The van der Waals surface area contributed by atoms with Crippen molar-refractivity contribution in [3.8, 4) is 17.4 Å². The second kappa shape index (κ2) is 8.50. The first-order valence-electron chi connectivity index (χ1n) is 9.22. The van der Waals surface area contributed by atoms with Crippen LogP contribution in [0.15, 0.2) is 58.5 Å². The molecule has 0 unspecified atom stereocenters. The van der Waals surface area contributed by atoms with E-state index >= 15 is 0 Å². The quantitative estimate of drug-likeness (QED) is 0.457. The average Bonchev–Trinajstić information content (AvgIpc) is 3.13. The van der Waals surface area contributed by atoms with E-state index in [0.717, 1.165) is 22.3 Å². The lowest BCUT2D eigenvalue weighted by Crippen LogP contribution is -2.13. The number of nitrogens with zero attached hydrogens (tertiary/aromatic N) is 1. The summed E-state index contributed by atoms with van der Waals surface area (Å²) in [5.74, 6) is -0.662. The molecular formula is C24H20N2O4. The number of aromatic carboxylic acids is 1. The number of rotatable bonds is 5. The highest BCUT2D eigenvalue weighted by atomic mass is 16.4. The Kier molecular flexibility index (Phi) is 5.84. The first-order valence-corrected chi connectivity index (χ1v) is 9.22. The molecule has 0 aliphatic carbocycles. The lowest BCUT2D eigenvalue weighted by atomic mass is 10.0. The smallest absolute Gasteiger partial charge is 0.335 e. The van der Waals surface area contributed by atoms with Crippen LogP contribution in [0.5, 0.6) is 0 Å². The van der Waals surface area contributed by atoms with Gasteiger partial charge in [0.25, 0.3) is 5.91 Å². The molecule has 0 radical (unpaired) electrons. The number of benzene rings is 2. The molecule has 0 spiro atoms. The highest BCUT2D eigenvalue weighted by molar-refractivity contribution is 6.09. The molecule has 2 N–H and O–H groups in total. The van der Waals surface area contributed by atoms with Gasteiger partial charge >= 0.3 is 5.97 Å². The van der Waals surface area contributed by atoms with Crippen molar-refractivity contribution < 1.29 is 19.1 Å². The molecule has 3 rings (SSSR count). The van der Waals surface area contributed by atoms with E-state index in [-0.39, 0.29) is 11.1 Å². The van der Waals surface area contributed by atoms with Crippen molar-refractivity contribution in [3.05, 3.63) is 82.1 Å². The summed E-state index contributed by atoms with van der Waals surface area (Å²) < 4.78 is 5.77. The second-order valence-corrected chi connectivity index (χ2v) is 7.04. The molecule has 0 atom stereocenters. The van der Waals surface area contributed by atoms with Crippen LogP contribution in [0.1, 0.15) is 32.8 Å². The Hall–Kier alpha value is -4.11. The number of carbonyl (C=O) groups excluding carboxylic acids is 1. The number of carbonyl (C=O) groups is 2. The van der Waals surface area contributed by atoms with Crippen LogP contribution in [0, 0.1) is 32.1 Å². The molecule has 6 heteroatoms. The first kappa shape index (κ1) is 20.6. The SMILES string of the molecule is Cc1cc(C)cc(NC(=O)/C(C#N)=C\c2ccc(-c3ccc(C(=O)O)cc3C)o2)c1. The van der Waals surface area contributed by atoms with Crippen LogP contribution in [-0.4, -0.2) is 17.0 Å². The Morgan fingerprint density at radius 2 is 1.73 bits per heavy atom. The zero-order chi connectivity index (χ0) is 21.8. The van der Waals surface area contributed by atoms with E-state index in [2.05, 4.69) is 5.32 Å². The highest BCUT2D eigenvalue weighted by Crippen LogP contribution is 2.27. The maximum atomic E-state index is 12.5. The van der Waals surface area contributed by atoms with Gasteiger partial charge in [-0.15, -0.1) is 0 Å². The lowest BCUT2D eigenvalue weighted by Gasteiger charge is -2.06. The van der Waals surface area contributed by atoms with E-state index in [0.29, 0.717) is 17.2 Å². The number of nitriles is 1. The first-order chi connectivity index (χ1) is 14.3. The molecule has 0 aliphatic rings. The van der Waals surface area contributed by atoms with Crippen molar-refractivity contribution >= 4 is 23.6 Å². The van der Waals surface area contributed by atoms with Crippen LogP contribution in [-0.2, 0) is 4.79 Å². The summed E-state index contributed by atoms with van der Waals surface area (Å²) in [5.41, 5.74) is 4.21. The van der Waals surface area contributed by atoms with E-state index in [1.165, 1.54) is 12.1 Å². The van der Waals surface area contributed by atoms with E-state index in [1.807, 2.05) is 38.1 Å². The largest absolute Gasteiger partial charge is 0.478 e. The Bertz CT molecular complexity index is 1190. The van der Waals surface area contributed by atoms with Crippen molar-refractivity contribution in [2.45, 2.75) is 20.8 Å². The fraction of sp³-hybridized carbons (Fsp3) is 0.125. The van der Waals surface area contributed by atoms with Crippen molar-refractivity contribution in [1.29, 1.82) is 5.26 Å². The average molecular weight is 400 g/mol. The molecule has 1 aromatic heterocycles. The summed E-state index contributed by atoms with van der Waals surface area (Å²) >= 11 is 0. The molecule has 6 nitrogen and oxygen atoms in total. The normalized spacial score (nSPS) is 11.1. The molecule has 150 valence electrons. The number of hydrogen-bond donors (Lipinski definition) is 2. The van der Waals surface area contributed by atoms with Gasteiger partial charge in [0.1, 0.15) is 23.2 Å². The minimum Gasteiger partial charge on any atom is -0.478 e. The number of amides is 1. The molecule has 1 amide bonds. The molecule has 0 saturated carbocycles. The van der Waals surface area contributed by atoms with Gasteiger partial charge in [0.15, 0.2) is 0 Å². The summed E-state index contributed by atoms with van der Waals surface area (Å²) in [6.45, 7) is 5.65. The van der Waals surface area contributed by atoms with E-state index < -0.39 is 11.9 Å². The molecule has 1 heterocycles. The summed E-state index contributed by atoms with van der Waals surface area (Å²) in [7, 11) is 0. The fourth-order valence-corrected chi connectivity index (χ4v) is 3.18. The third-order valence-electron chi connectivity index (χ3n) is 4.50. The monoisotopic (exact) mass is 400 g/mol. The van der Waals surface area contributed by atoms with Gasteiger partial charge in [-0.2, -0.15) is 5.26 Å². The Balaban J connectivity index is 1.84. The highest BCUT2D eigenvalue weighted by Gasteiger charge is 2.13. The minimum atomic E-state index is -0.999. The predicted molar refractivity (Wildman–Crippen MR) is 114 cm³/mol. The second-order valence-electron chi connectivity index (χ2n) is 7.04.